The number of rotatable bonds is 9. The molecule has 0 aliphatic carbocycles. The second-order valence-electron chi connectivity index (χ2n) is 7.67. The quantitative estimate of drug-likeness (QED) is 0.380. The van der Waals surface area contributed by atoms with Crippen LogP contribution in [0.25, 0.3) is 0 Å². The van der Waals surface area contributed by atoms with Gasteiger partial charge in [0.2, 0.25) is 11.8 Å². The molecule has 2 amide bonds. The van der Waals surface area contributed by atoms with Crippen LogP contribution < -0.4 is 16.4 Å². The fourth-order valence-electron chi connectivity index (χ4n) is 3.17. The summed E-state index contributed by atoms with van der Waals surface area (Å²) in [6, 6.07) is 10.4. The molecule has 0 aliphatic rings. The summed E-state index contributed by atoms with van der Waals surface area (Å²) < 4.78 is 40.0. The Morgan fingerprint density at radius 3 is 2.21 bits per heavy atom. The smallest absolute Gasteiger partial charge is 0.249 e. The lowest BCUT2D eigenvalue weighted by atomic mass is 10.0. The summed E-state index contributed by atoms with van der Waals surface area (Å²) >= 11 is 0. The second-order valence-corrected chi connectivity index (χ2v) is 7.67. The van der Waals surface area contributed by atoms with E-state index in [9.17, 15) is 27.9 Å². The number of halogens is 3. The van der Waals surface area contributed by atoms with Gasteiger partial charge in [0.25, 0.3) is 0 Å². The number of aromatic nitrogens is 1. The van der Waals surface area contributed by atoms with Crippen molar-refractivity contribution in [3.8, 4) is 0 Å². The Morgan fingerprint density at radius 1 is 0.882 bits per heavy atom. The maximum Gasteiger partial charge on any atom is 0.249 e. The number of amides is 2. The van der Waals surface area contributed by atoms with E-state index in [4.69, 9.17) is 5.73 Å². The second kappa shape index (κ2) is 11.3. The molecule has 178 valence electrons. The molecule has 1 unspecified atom stereocenters. The van der Waals surface area contributed by atoms with Crippen molar-refractivity contribution >= 4 is 17.6 Å². The fourth-order valence-corrected chi connectivity index (χ4v) is 3.17. The van der Waals surface area contributed by atoms with Gasteiger partial charge in [-0.2, -0.15) is 0 Å². The monoisotopic (exact) mass is 472 g/mol. The number of nitrogens with two attached hydrogens (primary N) is 1. The molecule has 1 aromatic heterocycles. The lowest BCUT2D eigenvalue weighted by Gasteiger charge is -2.21. The summed E-state index contributed by atoms with van der Waals surface area (Å²) in [6.07, 6.45) is -0.307. The number of nitrogens with one attached hydrogen (secondary N) is 2. The third-order valence-corrected chi connectivity index (χ3v) is 5.02. The Morgan fingerprint density at radius 2 is 1.56 bits per heavy atom. The van der Waals surface area contributed by atoms with E-state index >= 15 is 0 Å². The lowest BCUT2D eigenvalue weighted by molar-refractivity contribution is -0.134. The van der Waals surface area contributed by atoms with E-state index in [0.29, 0.717) is 16.9 Å². The van der Waals surface area contributed by atoms with Crippen molar-refractivity contribution in [2.45, 2.75) is 31.5 Å². The van der Waals surface area contributed by atoms with E-state index in [1.54, 1.807) is 12.1 Å². The molecule has 10 heteroatoms. The molecule has 0 fully saturated rings. The zero-order valence-corrected chi connectivity index (χ0v) is 18.0. The lowest BCUT2D eigenvalue weighted by Crippen LogP contribution is -2.51. The molecule has 0 aliphatic heterocycles. The summed E-state index contributed by atoms with van der Waals surface area (Å²) in [5.41, 5.74) is 6.97. The zero-order valence-electron chi connectivity index (χ0n) is 18.0. The fraction of sp³-hybridized carbons (Fsp3) is 0.208. The number of nitrogen functional groups attached to an aromatic ring is 1. The first-order chi connectivity index (χ1) is 16.2. The van der Waals surface area contributed by atoms with Gasteiger partial charge in [0.05, 0.1) is 0 Å². The number of hydrogen-bond acceptors (Lipinski definition) is 5. The van der Waals surface area contributed by atoms with Crippen LogP contribution in [0, 0.1) is 17.5 Å². The predicted octanol–water partition coefficient (Wildman–Crippen LogP) is 2.03. The van der Waals surface area contributed by atoms with Crippen molar-refractivity contribution in [3.05, 3.63) is 94.9 Å². The van der Waals surface area contributed by atoms with Gasteiger partial charge in [-0.05, 0) is 47.0 Å². The molecule has 3 rings (SSSR count). The Labute approximate surface area is 193 Å². The first kappa shape index (κ1) is 24.7. The minimum atomic E-state index is -1.52. The van der Waals surface area contributed by atoms with Crippen LogP contribution in [0.1, 0.15) is 16.7 Å². The first-order valence-corrected chi connectivity index (χ1v) is 10.4. The normalized spacial score (nSPS) is 12.6. The molecule has 3 aromatic rings. The highest BCUT2D eigenvalue weighted by molar-refractivity contribution is 5.89. The van der Waals surface area contributed by atoms with Gasteiger partial charge < -0.3 is 21.5 Å². The van der Waals surface area contributed by atoms with Gasteiger partial charge >= 0.3 is 0 Å². The van der Waals surface area contributed by atoms with E-state index in [0.717, 1.165) is 12.1 Å². The van der Waals surface area contributed by atoms with Crippen molar-refractivity contribution in [2.24, 2.45) is 0 Å². The third kappa shape index (κ3) is 7.04. The van der Waals surface area contributed by atoms with Gasteiger partial charge in [0.15, 0.2) is 11.6 Å². The van der Waals surface area contributed by atoms with Gasteiger partial charge in [-0.1, -0.05) is 24.3 Å². The number of nitrogens with zero attached hydrogens (tertiary/aromatic N) is 1. The minimum Gasteiger partial charge on any atom is -0.384 e. The summed E-state index contributed by atoms with van der Waals surface area (Å²) in [5, 5.41) is 15.4. The molecule has 0 saturated carbocycles. The number of anilines is 1. The van der Waals surface area contributed by atoms with E-state index in [1.165, 1.54) is 36.5 Å². The molecule has 5 N–H and O–H groups in total. The van der Waals surface area contributed by atoms with E-state index in [-0.39, 0.29) is 24.9 Å². The number of hydrogen-bond donors (Lipinski definition) is 4. The highest BCUT2D eigenvalue weighted by Gasteiger charge is 2.25. The van der Waals surface area contributed by atoms with Crippen molar-refractivity contribution in [1.29, 1.82) is 0 Å². The SMILES string of the molecule is Nc1ccc(CNC(=O)[C@H](Cc2ccc(F)c(F)c2)NC(=O)C(O)Cc2ccc(F)cc2)cn1. The Balaban J connectivity index is 1.70. The number of aliphatic hydroxyl groups is 1. The highest BCUT2D eigenvalue weighted by Crippen LogP contribution is 2.12. The summed E-state index contributed by atoms with van der Waals surface area (Å²) in [7, 11) is 0. The minimum absolute atomic E-state index is 0.0778. The molecule has 2 atom stereocenters. The Bertz CT molecular complexity index is 1140. The van der Waals surface area contributed by atoms with Gasteiger partial charge in [-0.15, -0.1) is 0 Å². The topological polar surface area (TPSA) is 117 Å². The van der Waals surface area contributed by atoms with Gasteiger partial charge in [-0.25, -0.2) is 18.2 Å². The molecule has 0 bridgehead atoms. The average molecular weight is 472 g/mol. The molecule has 1 heterocycles. The summed E-state index contributed by atoms with van der Waals surface area (Å²) in [5.74, 6) is -3.73. The van der Waals surface area contributed by atoms with E-state index in [1.807, 2.05) is 0 Å². The van der Waals surface area contributed by atoms with E-state index in [2.05, 4.69) is 15.6 Å². The van der Waals surface area contributed by atoms with Gasteiger partial charge in [0.1, 0.15) is 23.8 Å². The average Bonchev–Trinajstić information content (AvgIpc) is 2.81. The molecule has 2 aromatic carbocycles. The van der Waals surface area contributed by atoms with Gasteiger partial charge in [-0.3, -0.25) is 9.59 Å². The third-order valence-electron chi connectivity index (χ3n) is 5.02. The molecule has 34 heavy (non-hydrogen) atoms. The van der Waals surface area contributed by atoms with Crippen LogP contribution in [-0.4, -0.2) is 34.1 Å². The van der Waals surface area contributed by atoms with Crippen LogP contribution in [-0.2, 0) is 29.0 Å². The number of pyridine rings is 1. The summed E-state index contributed by atoms with van der Waals surface area (Å²) in [4.78, 5) is 29.3. The highest BCUT2D eigenvalue weighted by atomic mass is 19.2. The standard InChI is InChI=1S/C24H23F3N4O3/c25-17-5-1-14(2-6-17)11-21(32)24(34)31-20(10-15-3-7-18(26)19(27)9-15)23(33)30-13-16-4-8-22(28)29-12-16/h1-9,12,20-21,32H,10-11,13H2,(H2,28,29)(H,30,33)(H,31,34)/t20-,21?/m0/s1. The maximum atomic E-state index is 13.6. The van der Waals surface area contributed by atoms with Gasteiger partial charge in [0, 0.05) is 25.6 Å². The van der Waals surface area contributed by atoms with Crippen molar-refractivity contribution in [1.82, 2.24) is 15.6 Å². The Hall–Kier alpha value is -3.92. The van der Waals surface area contributed by atoms with Crippen molar-refractivity contribution < 1.29 is 27.9 Å². The molecule has 0 saturated heterocycles. The number of carbonyl (C=O) groups is 2. The van der Waals surface area contributed by atoms with Crippen LogP contribution in [0.5, 0.6) is 0 Å². The zero-order chi connectivity index (χ0) is 24.7. The van der Waals surface area contributed by atoms with Crippen LogP contribution in [0.15, 0.2) is 60.8 Å². The molecule has 7 nitrogen and oxygen atoms in total. The molecular weight excluding hydrogens is 449 g/mol. The molecule has 0 radical (unpaired) electrons. The first-order valence-electron chi connectivity index (χ1n) is 10.4. The van der Waals surface area contributed by atoms with Crippen molar-refractivity contribution in [2.75, 3.05) is 5.73 Å². The molecule has 0 spiro atoms. The number of aliphatic hydroxyl groups excluding tert-OH is 1. The summed E-state index contributed by atoms with van der Waals surface area (Å²) in [6.45, 7) is 0.0778. The predicted molar refractivity (Wildman–Crippen MR) is 119 cm³/mol. The molecular formula is C24H23F3N4O3. The van der Waals surface area contributed by atoms with Crippen LogP contribution in [0.4, 0.5) is 19.0 Å². The van der Waals surface area contributed by atoms with Crippen molar-refractivity contribution in [3.63, 3.8) is 0 Å². The maximum absolute atomic E-state index is 13.6. The number of carbonyl (C=O) groups excluding carboxylic acids is 2. The largest absolute Gasteiger partial charge is 0.384 e. The van der Waals surface area contributed by atoms with Crippen LogP contribution in [0.2, 0.25) is 0 Å². The van der Waals surface area contributed by atoms with E-state index < -0.39 is 41.4 Å². The number of benzene rings is 2. The van der Waals surface area contributed by atoms with Crippen LogP contribution >= 0.6 is 0 Å². The van der Waals surface area contributed by atoms with Crippen LogP contribution in [0.3, 0.4) is 0 Å². The Kier molecular flexibility index (Phi) is 8.20.